The molecule has 1 aromatic carbocycles. The molecule has 0 aliphatic carbocycles. The Hall–Kier alpha value is -2.63. The van der Waals surface area contributed by atoms with Crippen LogP contribution in [0, 0.1) is 16.7 Å². The average Bonchev–Trinajstić information content (AvgIpc) is 3.07. The number of nitrogens with zero attached hydrogens (tertiary/aromatic N) is 1. The maximum atomic E-state index is 12.0. The van der Waals surface area contributed by atoms with Crippen molar-refractivity contribution in [3.05, 3.63) is 48.0 Å². The van der Waals surface area contributed by atoms with Gasteiger partial charge in [0.15, 0.2) is 0 Å². The molecule has 2 atom stereocenters. The van der Waals surface area contributed by atoms with Gasteiger partial charge in [0.25, 0.3) is 0 Å². The Morgan fingerprint density at radius 1 is 1.09 bits per heavy atom. The molecule has 1 saturated heterocycles. The fraction of sp³-hybridized carbons (Fsp3) is 0.621. The number of nitrogens with one attached hydrogen (secondary N) is 1. The molecule has 1 heterocycles. The molecule has 2 unspecified atom stereocenters. The van der Waals surface area contributed by atoms with E-state index in [2.05, 4.69) is 80.3 Å². The van der Waals surface area contributed by atoms with Crippen molar-refractivity contribution in [3.8, 4) is 0 Å². The molecule has 198 valence electrons. The van der Waals surface area contributed by atoms with Crippen LogP contribution in [0.25, 0.3) is 0 Å². The van der Waals surface area contributed by atoms with E-state index in [9.17, 15) is 14.4 Å². The maximum absolute atomic E-state index is 12.0. The van der Waals surface area contributed by atoms with E-state index in [1.165, 1.54) is 29.9 Å². The molecule has 1 aliphatic heterocycles. The minimum absolute atomic E-state index is 0.0967. The maximum Gasteiger partial charge on any atom is 0.335 e. The number of aromatic carboxylic acids is 1. The zero-order chi connectivity index (χ0) is 27.4. The smallest absolute Gasteiger partial charge is 0.335 e. The van der Waals surface area contributed by atoms with E-state index in [0.717, 1.165) is 12.0 Å². The molecule has 0 radical (unpaired) electrons. The lowest BCUT2D eigenvalue weighted by Crippen LogP contribution is -2.32. The number of carbonyl (C=O) groups is 3. The van der Waals surface area contributed by atoms with Gasteiger partial charge in [0.1, 0.15) is 0 Å². The van der Waals surface area contributed by atoms with Crippen LogP contribution in [-0.4, -0.2) is 34.5 Å². The first-order valence-electron chi connectivity index (χ1n) is 12.7. The number of allylic oxidation sites excluding steroid dienone is 1. The molecule has 2 amide bonds. The van der Waals surface area contributed by atoms with Crippen LogP contribution in [0.5, 0.6) is 0 Å². The van der Waals surface area contributed by atoms with Gasteiger partial charge in [-0.05, 0) is 53.7 Å². The van der Waals surface area contributed by atoms with Crippen molar-refractivity contribution in [2.45, 2.75) is 94.0 Å². The SMILES string of the molecule is C=CC(CC)C(C)(C)C.CC(C)(C)CCC(c1ccc(C(=O)O)cc1)N1CNC(=O)C1=O.CCC. The van der Waals surface area contributed by atoms with Gasteiger partial charge in [-0.1, -0.05) is 86.9 Å². The zero-order valence-corrected chi connectivity index (χ0v) is 23.4. The molecule has 6 nitrogen and oxygen atoms in total. The molecule has 1 aromatic rings. The lowest BCUT2D eigenvalue weighted by Gasteiger charge is -2.29. The lowest BCUT2D eigenvalue weighted by atomic mass is 9.79. The molecule has 1 aliphatic rings. The Morgan fingerprint density at radius 3 is 1.89 bits per heavy atom. The molecule has 0 aromatic heterocycles. The van der Waals surface area contributed by atoms with Gasteiger partial charge in [0.2, 0.25) is 0 Å². The first kappa shape index (κ1) is 32.4. The third-order valence-corrected chi connectivity index (χ3v) is 5.79. The summed E-state index contributed by atoms with van der Waals surface area (Å²) in [7, 11) is 0. The van der Waals surface area contributed by atoms with Crippen LogP contribution in [0.15, 0.2) is 36.9 Å². The van der Waals surface area contributed by atoms with E-state index in [4.69, 9.17) is 5.11 Å². The van der Waals surface area contributed by atoms with E-state index < -0.39 is 17.8 Å². The Balaban J connectivity index is 0.000000806. The third kappa shape index (κ3) is 11.6. The average molecular weight is 489 g/mol. The Labute approximate surface area is 213 Å². The third-order valence-electron chi connectivity index (χ3n) is 5.79. The lowest BCUT2D eigenvalue weighted by molar-refractivity contribution is -0.141. The molecular formula is C29H48N2O4. The number of carboxylic acids is 1. The van der Waals surface area contributed by atoms with Crippen LogP contribution in [-0.2, 0) is 9.59 Å². The van der Waals surface area contributed by atoms with Gasteiger partial charge in [-0.25, -0.2) is 4.79 Å². The van der Waals surface area contributed by atoms with Crippen LogP contribution in [0.3, 0.4) is 0 Å². The minimum Gasteiger partial charge on any atom is -0.478 e. The van der Waals surface area contributed by atoms with Gasteiger partial charge in [-0.15, -0.1) is 6.58 Å². The fourth-order valence-electron chi connectivity index (χ4n) is 3.74. The van der Waals surface area contributed by atoms with E-state index in [0.29, 0.717) is 17.8 Å². The molecule has 2 rings (SSSR count). The molecule has 6 heteroatoms. The monoisotopic (exact) mass is 488 g/mol. The van der Waals surface area contributed by atoms with Crippen molar-refractivity contribution >= 4 is 17.8 Å². The van der Waals surface area contributed by atoms with Crippen LogP contribution in [0.2, 0.25) is 0 Å². The number of rotatable bonds is 7. The summed E-state index contributed by atoms with van der Waals surface area (Å²) in [5.41, 5.74) is 1.53. The summed E-state index contributed by atoms with van der Waals surface area (Å²) in [6.07, 6.45) is 6.08. The summed E-state index contributed by atoms with van der Waals surface area (Å²) in [6, 6.07) is 6.23. The second-order valence-corrected chi connectivity index (χ2v) is 11.3. The van der Waals surface area contributed by atoms with Crippen molar-refractivity contribution < 1.29 is 19.5 Å². The molecule has 0 spiro atoms. The normalized spacial score (nSPS) is 15.2. The summed E-state index contributed by atoms with van der Waals surface area (Å²) >= 11 is 0. The van der Waals surface area contributed by atoms with Gasteiger partial charge in [0, 0.05) is 0 Å². The van der Waals surface area contributed by atoms with E-state index >= 15 is 0 Å². The van der Waals surface area contributed by atoms with Gasteiger partial charge in [-0.2, -0.15) is 0 Å². The van der Waals surface area contributed by atoms with Crippen molar-refractivity contribution in [3.63, 3.8) is 0 Å². The summed E-state index contributed by atoms with van der Waals surface area (Å²) < 4.78 is 0. The second kappa shape index (κ2) is 14.7. The summed E-state index contributed by atoms with van der Waals surface area (Å²) in [6.45, 7) is 23.6. The van der Waals surface area contributed by atoms with Crippen LogP contribution in [0.1, 0.15) is 110 Å². The molecule has 1 fully saturated rings. The topological polar surface area (TPSA) is 86.7 Å². The summed E-state index contributed by atoms with van der Waals surface area (Å²) in [4.78, 5) is 36.0. The van der Waals surface area contributed by atoms with Crippen molar-refractivity contribution in [2.24, 2.45) is 16.7 Å². The van der Waals surface area contributed by atoms with Crippen molar-refractivity contribution in [1.29, 1.82) is 0 Å². The van der Waals surface area contributed by atoms with Gasteiger partial charge in [-0.3, -0.25) is 9.59 Å². The van der Waals surface area contributed by atoms with Crippen LogP contribution in [0.4, 0.5) is 0 Å². The Morgan fingerprint density at radius 2 is 1.60 bits per heavy atom. The minimum atomic E-state index is -0.989. The van der Waals surface area contributed by atoms with E-state index in [-0.39, 0.29) is 23.7 Å². The quantitative estimate of drug-likeness (QED) is 0.325. The second-order valence-electron chi connectivity index (χ2n) is 11.3. The zero-order valence-electron chi connectivity index (χ0n) is 23.4. The number of carbonyl (C=O) groups excluding carboxylic acids is 2. The highest BCUT2D eigenvalue weighted by Gasteiger charge is 2.35. The van der Waals surface area contributed by atoms with Crippen LogP contribution >= 0.6 is 0 Å². The Bertz CT molecular complexity index is 817. The molecule has 0 saturated carbocycles. The summed E-state index contributed by atoms with van der Waals surface area (Å²) in [5.74, 6) is -1.45. The Kier molecular flexibility index (Phi) is 13.6. The number of carboxylic acid groups (broad SMARTS) is 1. The molecule has 35 heavy (non-hydrogen) atoms. The van der Waals surface area contributed by atoms with E-state index in [1.54, 1.807) is 12.1 Å². The van der Waals surface area contributed by atoms with Crippen molar-refractivity contribution in [1.82, 2.24) is 10.2 Å². The highest BCUT2D eigenvalue weighted by atomic mass is 16.4. The number of hydrogen-bond donors (Lipinski definition) is 2. The fourth-order valence-corrected chi connectivity index (χ4v) is 3.74. The van der Waals surface area contributed by atoms with Gasteiger partial charge < -0.3 is 15.3 Å². The summed E-state index contributed by atoms with van der Waals surface area (Å²) in [5, 5.41) is 11.5. The van der Waals surface area contributed by atoms with Crippen molar-refractivity contribution in [2.75, 3.05) is 6.67 Å². The number of amides is 2. The predicted octanol–water partition coefficient (Wildman–Crippen LogP) is 6.83. The van der Waals surface area contributed by atoms with E-state index in [1.807, 2.05) is 0 Å². The van der Waals surface area contributed by atoms with Gasteiger partial charge in [0.05, 0.1) is 18.3 Å². The highest BCUT2D eigenvalue weighted by Crippen LogP contribution is 2.32. The molecule has 0 bridgehead atoms. The first-order chi connectivity index (χ1) is 16.1. The predicted molar refractivity (Wildman–Crippen MR) is 144 cm³/mol. The number of benzene rings is 1. The van der Waals surface area contributed by atoms with Gasteiger partial charge >= 0.3 is 17.8 Å². The van der Waals surface area contributed by atoms with Crippen LogP contribution < -0.4 is 5.32 Å². The standard InChI is InChI=1S/C17H22N2O4.C9H18.C3H8/c1-17(2,3)9-8-13(19-10-18-14(20)15(19)21)11-4-6-12(7-5-11)16(22)23;1-6-8(7-2)9(3,4)5;1-3-2/h4-7,13H,8-10H2,1-3H3,(H,18,20)(H,22,23);6,8H,1,7H2,2-5H3;3H2,1-2H3. The molecule has 2 N–H and O–H groups in total. The number of hydrogen-bond acceptors (Lipinski definition) is 3. The largest absolute Gasteiger partial charge is 0.478 e. The molecular weight excluding hydrogens is 440 g/mol. The highest BCUT2D eigenvalue weighted by molar-refractivity contribution is 6.36. The first-order valence-corrected chi connectivity index (χ1v) is 12.7.